The molecule has 0 saturated carbocycles. The van der Waals surface area contributed by atoms with Gasteiger partial charge < -0.3 is 14.2 Å². The summed E-state index contributed by atoms with van der Waals surface area (Å²) in [7, 11) is 0. The van der Waals surface area contributed by atoms with Gasteiger partial charge in [0.25, 0.3) is 6.71 Å². The summed E-state index contributed by atoms with van der Waals surface area (Å²) < 4.78 is 7.80. The summed E-state index contributed by atoms with van der Waals surface area (Å²) in [6.45, 7) is 36.7. The smallest absolute Gasteiger partial charge is 0.297 e. The molecule has 0 saturated heterocycles. The van der Waals surface area contributed by atoms with Crippen LogP contribution in [0.5, 0.6) is 0 Å². The molecule has 8 aromatic rings. The highest BCUT2D eigenvalue weighted by atomic mass is 16.3. The molecule has 2 aliphatic heterocycles. The van der Waals surface area contributed by atoms with Crippen LogP contribution < -0.4 is 26.4 Å². The Labute approximate surface area is 441 Å². The van der Waals surface area contributed by atoms with Gasteiger partial charge in [0, 0.05) is 39.1 Å². The predicted octanol–water partition coefficient (Wildman–Crippen LogP) is 17.3. The van der Waals surface area contributed by atoms with E-state index in [-0.39, 0.29) is 44.6 Å². The number of furan rings is 1. The highest BCUT2D eigenvalue weighted by Gasteiger charge is 2.51. The third kappa shape index (κ3) is 6.15. The Bertz CT molecular complexity index is 3810. The monoisotopic (exact) mass is 971 g/mol. The van der Waals surface area contributed by atoms with Crippen molar-refractivity contribution in [2.75, 3.05) is 9.80 Å². The normalized spacial score (nSPS) is 21.0. The first kappa shape index (κ1) is 46.5. The number of hydrogen-bond donors (Lipinski definition) is 0. The van der Waals surface area contributed by atoms with E-state index in [1.54, 1.807) is 0 Å². The van der Waals surface area contributed by atoms with Crippen LogP contribution in [0.3, 0.4) is 0 Å². The number of fused-ring (bicyclic) bond motifs is 13. The van der Waals surface area contributed by atoms with Crippen molar-refractivity contribution in [2.24, 2.45) is 0 Å². The molecule has 74 heavy (non-hydrogen) atoms. The molecule has 4 aliphatic carbocycles. The van der Waals surface area contributed by atoms with Crippen molar-refractivity contribution < 1.29 is 4.42 Å². The standard InChI is InChI=1S/C70H75BN2O/c1-40-31-57-61-58(32-40)73(55-22-18-21-47-60(55)44-33-41-19-16-17-20-42(41)34-48(44)70(47,14)15)56-38-52-51(67(8,9)28-29-68(52,10)11)37-54(56)71(61)63-62(45-36-50-53(39-59(45)74-63)69(12,13)30-27-66(50,6)7)72(57)43-23-24-46-49(35-43)65(4,5)26-25-64(46,2)3/h16-24,31-39H,25-30H2,1-15H3. The van der Waals surface area contributed by atoms with E-state index in [9.17, 15) is 0 Å². The second-order valence-electron chi connectivity index (χ2n) is 28.6. The minimum Gasteiger partial charge on any atom is -0.468 e. The molecule has 4 heteroatoms. The molecule has 1 aromatic heterocycles. The third-order valence-electron chi connectivity index (χ3n) is 20.6. The van der Waals surface area contributed by atoms with Crippen LogP contribution in [-0.4, -0.2) is 6.71 Å². The van der Waals surface area contributed by atoms with Crippen LogP contribution in [0.1, 0.15) is 186 Å². The van der Waals surface area contributed by atoms with E-state index >= 15 is 0 Å². The molecular formula is C70H75BN2O. The first-order chi connectivity index (χ1) is 34.8. The van der Waals surface area contributed by atoms with Gasteiger partial charge >= 0.3 is 0 Å². The van der Waals surface area contributed by atoms with Gasteiger partial charge in [-0.1, -0.05) is 145 Å². The molecule has 0 fully saturated rings. The maximum Gasteiger partial charge on any atom is 0.297 e. The van der Waals surface area contributed by atoms with Gasteiger partial charge in [-0.3, -0.25) is 0 Å². The van der Waals surface area contributed by atoms with E-state index in [1.165, 1.54) is 129 Å². The van der Waals surface area contributed by atoms with Crippen LogP contribution in [0.25, 0.3) is 32.9 Å². The molecule has 0 bridgehead atoms. The van der Waals surface area contributed by atoms with Gasteiger partial charge in [-0.05, 0) is 216 Å². The molecule has 0 amide bonds. The average Bonchev–Trinajstić information content (AvgIpc) is 3.83. The minimum atomic E-state index is -0.184. The van der Waals surface area contributed by atoms with Crippen molar-refractivity contribution in [3.05, 3.63) is 159 Å². The Morgan fingerprint density at radius 3 is 1.61 bits per heavy atom. The van der Waals surface area contributed by atoms with E-state index in [1.807, 2.05) is 0 Å². The van der Waals surface area contributed by atoms with Crippen molar-refractivity contribution in [1.82, 2.24) is 0 Å². The summed E-state index contributed by atoms with van der Waals surface area (Å²) in [6, 6.07) is 44.0. The van der Waals surface area contributed by atoms with Crippen molar-refractivity contribution in [1.29, 1.82) is 0 Å². The summed E-state index contributed by atoms with van der Waals surface area (Å²) in [5, 5.41) is 3.81. The molecule has 7 aromatic carbocycles. The van der Waals surface area contributed by atoms with E-state index in [0.29, 0.717) is 0 Å². The van der Waals surface area contributed by atoms with Crippen molar-refractivity contribution in [2.45, 2.75) is 180 Å². The van der Waals surface area contributed by atoms with Gasteiger partial charge in [0.15, 0.2) is 0 Å². The van der Waals surface area contributed by atoms with Gasteiger partial charge in [-0.15, -0.1) is 0 Å². The van der Waals surface area contributed by atoms with E-state index in [0.717, 1.165) is 43.3 Å². The van der Waals surface area contributed by atoms with Crippen molar-refractivity contribution >= 4 is 79.2 Å². The fourth-order valence-corrected chi connectivity index (χ4v) is 15.6. The van der Waals surface area contributed by atoms with Crippen LogP contribution in [-0.2, 0) is 37.9 Å². The summed E-state index contributed by atoms with van der Waals surface area (Å²) in [4.78, 5) is 5.40. The number of rotatable bonds is 2. The van der Waals surface area contributed by atoms with Crippen LogP contribution in [0, 0.1) is 6.92 Å². The van der Waals surface area contributed by atoms with Crippen molar-refractivity contribution in [3.63, 3.8) is 0 Å². The minimum absolute atomic E-state index is 0.0104. The maximum absolute atomic E-state index is 7.80. The fraction of sp³-hybridized carbons (Fsp3) is 0.400. The van der Waals surface area contributed by atoms with E-state index in [2.05, 4.69) is 223 Å². The highest BCUT2D eigenvalue weighted by molar-refractivity contribution is 7.00. The molecule has 3 nitrogen and oxygen atoms in total. The van der Waals surface area contributed by atoms with Crippen LogP contribution in [0.15, 0.2) is 114 Å². The summed E-state index contributed by atoms with van der Waals surface area (Å²) in [6.07, 6.45) is 6.97. The zero-order valence-electron chi connectivity index (χ0n) is 47.0. The lowest BCUT2D eigenvalue weighted by Crippen LogP contribution is -2.61. The quantitative estimate of drug-likeness (QED) is 0.161. The Hall–Kier alpha value is -6.00. The Morgan fingerprint density at radius 2 is 0.973 bits per heavy atom. The average molecular weight is 971 g/mol. The Morgan fingerprint density at radius 1 is 0.432 bits per heavy atom. The first-order valence-corrected chi connectivity index (χ1v) is 28.2. The second kappa shape index (κ2) is 14.5. The highest BCUT2D eigenvalue weighted by Crippen LogP contribution is 2.59. The van der Waals surface area contributed by atoms with Gasteiger partial charge in [0.2, 0.25) is 0 Å². The molecule has 6 aliphatic rings. The van der Waals surface area contributed by atoms with Gasteiger partial charge in [-0.2, -0.15) is 0 Å². The van der Waals surface area contributed by atoms with Crippen LogP contribution in [0.2, 0.25) is 0 Å². The van der Waals surface area contributed by atoms with Gasteiger partial charge in [0.05, 0.1) is 17.0 Å². The Balaban J connectivity index is 1.13. The van der Waals surface area contributed by atoms with Crippen LogP contribution >= 0.6 is 0 Å². The summed E-state index contributed by atoms with van der Waals surface area (Å²) in [5.74, 6) is 0. The van der Waals surface area contributed by atoms with Gasteiger partial charge in [0.1, 0.15) is 5.58 Å². The van der Waals surface area contributed by atoms with E-state index < -0.39 is 0 Å². The lowest BCUT2D eigenvalue weighted by Gasteiger charge is -2.47. The molecule has 3 heterocycles. The molecule has 0 radical (unpaired) electrons. The zero-order chi connectivity index (χ0) is 51.8. The number of anilines is 6. The number of hydrogen-bond acceptors (Lipinski definition) is 3. The topological polar surface area (TPSA) is 19.6 Å². The first-order valence-electron chi connectivity index (χ1n) is 28.2. The molecule has 374 valence electrons. The fourth-order valence-electron chi connectivity index (χ4n) is 15.6. The second-order valence-corrected chi connectivity index (χ2v) is 28.6. The summed E-state index contributed by atoms with van der Waals surface area (Å²) in [5.41, 5.74) is 27.9. The van der Waals surface area contributed by atoms with E-state index in [4.69, 9.17) is 4.42 Å². The SMILES string of the molecule is Cc1cc2c3c(c1)N(c1ccc4c(c1)C(C)(C)CCC4(C)C)c1c(oc4cc5c(cc14)C(C)(C)CCC5(C)C)B3c1cc3c(cc1N2c1cccc2c1-c1cc4ccccc4cc1C2(C)C)C(C)(C)CCC3(C)C. The van der Waals surface area contributed by atoms with Gasteiger partial charge in [-0.25, -0.2) is 0 Å². The molecular weight excluding hydrogens is 896 g/mol. The lowest BCUT2D eigenvalue weighted by molar-refractivity contribution is 0.332. The predicted molar refractivity (Wildman–Crippen MR) is 316 cm³/mol. The third-order valence-corrected chi connectivity index (χ3v) is 20.6. The number of nitrogens with zero attached hydrogens (tertiary/aromatic N) is 2. The Kier molecular flexibility index (Phi) is 9.10. The maximum atomic E-state index is 7.80. The number of aryl methyl sites for hydroxylation is 1. The molecule has 14 rings (SSSR count). The molecule has 0 atom stereocenters. The zero-order valence-corrected chi connectivity index (χ0v) is 47.0. The number of benzene rings is 7. The van der Waals surface area contributed by atoms with Crippen LogP contribution in [0.4, 0.5) is 34.1 Å². The van der Waals surface area contributed by atoms with Crippen molar-refractivity contribution in [3.8, 4) is 11.1 Å². The molecule has 0 N–H and O–H groups in total. The largest absolute Gasteiger partial charge is 0.468 e. The summed E-state index contributed by atoms with van der Waals surface area (Å²) >= 11 is 0. The molecule has 0 spiro atoms. The molecule has 0 unspecified atom stereocenters. The lowest BCUT2D eigenvalue weighted by atomic mass is 9.35.